The van der Waals surface area contributed by atoms with Crippen molar-refractivity contribution in [2.75, 3.05) is 27.3 Å². The molecule has 0 spiro atoms. The van der Waals surface area contributed by atoms with Crippen LogP contribution < -0.4 is 0 Å². The van der Waals surface area contributed by atoms with Crippen molar-refractivity contribution in [3.05, 3.63) is 71.8 Å². The quantitative estimate of drug-likeness (QED) is 0.550. The molecule has 4 rings (SSSR count). The highest BCUT2D eigenvalue weighted by atomic mass is 16.5. The van der Waals surface area contributed by atoms with Gasteiger partial charge in [0.15, 0.2) is 0 Å². The zero-order valence-electron chi connectivity index (χ0n) is 21.3. The maximum absolute atomic E-state index is 12.0. The third-order valence-corrected chi connectivity index (χ3v) is 6.68. The van der Waals surface area contributed by atoms with E-state index < -0.39 is 12.1 Å². The molecule has 2 saturated heterocycles. The molecule has 0 saturated carbocycles. The second-order valence-corrected chi connectivity index (χ2v) is 8.85. The molecule has 2 heterocycles. The Bertz CT molecular complexity index is 973. The standard InChI is InChI=1S/2C14H17NO3.CH4/c2*1-3-18-14(17)13-11(9-12(16)15(13)2)10-7-5-4-6-8-10;/h2*4-8,11,13H,3,9H2,1-2H3;1H4/t11?,13-;11-,13-;/m10./s1. The van der Waals surface area contributed by atoms with Gasteiger partial charge in [-0.2, -0.15) is 0 Å². The first kappa shape index (κ1) is 29.5. The fourth-order valence-corrected chi connectivity index (χ4v) is 4.84. The van der Waals surface area contributed by atoms with Crippen molar-refractivity contribution in [2.45, 2.75) is 58.0 Å². The lowest BCUT2D eigenvalue weighted by Gasteiger charge is -2.23. The van der Waals surface area contributed by atoms with Crippen LogP contribution in [0.2, 0.25) is 0 Å². The Kier molecular flexibility index (Phi) is 10.8. The van der Waals surface area contributed by atoms with E-state index >= 15 is 0 Å². The third-order valence-electron chi connectivity index (χ3n) is 6.68. The van der Waals surface area contributed by atoms with Gasteiger partial charge in [-0.15, -0.1) is 0 Å². The Morgan fingerprint density at radius 2 is 1.03 bits per heavy atom. The summed E-state index contributed by atoms with van der Waals surface area (Å²) in [4.78, 5) is 50.5. The molecule has 1 unspecified atom stereocenters. The van der Waals surface area contributed by atoms with Gasteiger partial charge in [0.25, 0.3) is 0 Å². The number of likely N-dealkylation sites (tertiary alicyclic amines) is 2. The van der Waals surface area contributed by atoms with E-state index in [1.807, 2.05) is 60.7 Å². The van der Waals surface area contributed by atoms with E-state index in [4.69, 9.17) is 9.47 Å². The number of nitrogens with zero attached hydrogens (tertiary/aromatic N) is 2. The van der Waals surface area contributed by atoms with E-state index in [0.717, 1.165) is 11.1 Å². The lowest BCUT2D eigenvalue weighted by molar-refractivity contribution is -0.151. The second kappa shape index (κ2) is 13.6. The summed E-state index contributed by atoms with van der Waals surface area (Å²) in [6.07, 6.45) is 0.730. The predicted molar refractivity (Wildman–Crippen MR) is 141 cm³/mol. The number of carbonyl (C=O) groups is 4. The lowest BCUT2D eigenvalue weighted by atomic mass is 9.92. The summed E-state index contributed by atoms with van der Waals surface area (Å²) in [5.74, 6) is -0.881. The molecule has 2 aliphatic heterocycles. The Morgan fingerprint density at radius 3 is 1.32 bits per heavy atom. The van der Waals surface area contributed by atoms with E-state index in [0.29, 0.717) is 26.1 Å². The van der Waals surface area contributed by atoms with Gasteiger partial charge in [-0.3, -0.25) is 9.59 Å². The van der Waals surface area contributed by atoms with Crippen molar-refractivity contribution < 1.29 is 28.7 Å². The van der Waals surface area contributed by atoms with E-state index in [2.05, 4.69) is 0 Å². The number of hydrogen-bond donors (Lipinski definition) is 0. The first-order valence-corrected chi connectivity index (χ1v) is 12.2. The molecular formula is C29H38N2O6. The first-order chi connectivity index (χ1) is 17.3. The molecule has 8 heteroatoms. The van der Waals surface area contributed by atoms with Crippen molar-refractivity contribution in [3.8, 4) is 0 Å². The van der Waals surface area contributed by atoms with Gasteiger partial charge in [0.2, 0.25) is 11.8 Å². The third kappa shape index (κ3) is 6.76. The number of amides is 2. The maximum atomic E-state index is 12.0. The normalized spacial score (nSPS) is 22.6. The summed E-state index contributed by atoms with van der Waals surface area (Å²) in [6, 6.07) is 18.3. The predicted octanol–water partition coefficient (Wildman–Crippen LogP) is 3.76. The van der Waals surface area contributed by atoms with Crippen LogP contribution in [-0.2, 0) is 28.7 Å². The van der Waals surface area contributed by atoms with Crippen LogP contribution in [-0.4, -0.2) is 72.9 Å². The minimum atomic E-state index is -0.500. The van der Waals surface area contributed by atoms with E-state index in [9.17, 15) is 19.2 Å². The molecule has 37 heavy (non-hydrogen) atoms. The number of esters is 2. The Hall–Kier alpha value is -3.68. The molecular weight excluding hydrogens is 472 g/mol. The number of ether oxygens (including phenoxy) is 2. The molecule has 0 radical (unpaired) electrons. The SMILES string of the molecule is C.CCOC(=O)[C@@H]1[C@H](c2ccccc2)CC(=O)N1C.CCOC(=O)[C@H]1C(c2ccccc2)CC(=O)N1C. The number of likely N-dealkylation sites (N-methyl/N-ethyl adjacent to an activating group) is 2. The van der Waals surface area contributed by atoms with Crippen LogP contribution >= 0.6 is 0 Å². The van der Waals surface area contributed by atoms with Crippen LogP contribution in [0.4, 0.5) is 0 Å². The minimum absolute atomic E-state index is 0. The number of rotatable bonds is 6. The molecule has 0 N–H and O–H groups in total. The molecule has 0 bridgehead atoms. The summed E-state index contributed by atoms with van der Waals surface area (Å²) in [5.41, 5.74) is 2.02. The molecule has 200 valence electrons. The fraction of sp³-hybridized carbons (Fsp3) is 0.448. The molecule has 2 aromatic carbocycles. The van der Waals surface area contributed by atoms with Crippen molar-refractivity contribution in [1.82, 2.24) is 9.80 Å². The van der Waals surface area contributed by atoms with Crippen LogP contribution in [0, 0.1) is 0 Å². The Morgan fingerprint density at radius 1 is 0.703 bits per heavy atom. The summed E-state index contributed by atoms with van der Waals surface area (Å²) >= 11 is 0. The molecule has 2 aliphatic rings. The van der Waals surface area contributed by atoms with Gasteiger partial charge in [0, 0.05) is 38.8 Å². The van der Waals surface area contributed by atoms with Gasteiger partial charge in [-0.25, -0.2) is 9.59 Å². The Balaban J connectivity index is 0.000000253. The van der Waals surface area contributed by atoms with E-state index in [1.54, 1.807) is 27.9 Å². The van der Waals surface area contributed by atoms with Crippen LogP contribution in [0.5, 0.6) is 0 Å². The molecule has 0 aromatic heterocycles. The maximum Gasteiger partial charge on any atom is 0.329 e. The van der Waals surface area contributed by atoms with E-state index in [1.165, 1.54) is 9.80 Å². The van der Waals surface area contributed by atoms with Gasteiger partial charge in [0.05, 0.1) is 13.2 Å². The molecule has 2 aromatic rings. The number of benzene rings is 2. The molecule has 2 fully saturated rings. The lowest BCUT2D eigenvalue weighted by Crippen LogP contribution is -2.39. The zero-order valence-corrected chi connectivity index (χ0v) is 21.3. The summed E-state index contributed by atoms with van der Waals surface area (Å²) in [7, 11) is 3.32. The summed E-state index contributed by atoms with van der Waals surface area (Å²) in [5, 5.41) is 0. The van der Waals surface area contributed by atoms with E-state index in [-0.39, 0.29) is 43.0 Å². The second-order valence-electron chi connectivity index (χ2n) is 8.85. The fourth-order valence-electron chi connectivity index (χ4n) is 4.84. The first-order valence-electron chi connectivity index (χ1n) is 12.2. The topological polar surface area (TPSA) is 93.2 Å². The van der Waals surface area contributed by atoms with Crippen molar-refractivity contribution in [1.29, 1.82) is 0 Å². The number of hydrogen-bond acceptors (Lipinski definition) is 6. The van der Waals surface area contributed by atoms with Crippen molar-refractivity contribution in [2.24, 2.45) is 0 Å². The Labute approximate surface area is 219 Å². The number of carbonyl (C=O) groups excluding carboxylic acids is 4. The van der Waals surface area contributed by atoms with Crippen LogP contribution in [0.15, 0.2) is 60.7 Å². The van der Waals surface area contributed by atoms with Gasteiger partial charge in [-0.05, 0) is 25.0 Å². The van der Waals surface area contributed by atoms with Crippen molar-refractivity contribution in [3.63, 3.8) is 0 Å². The average Bonchev–Trinajstić information content (AvgIpc) is 3.36. The highest BCUT2D eigenvalue weighted by Crippen LogP contribution is 2.35. The van der Waals surface area contributed by atoms with Crippen LogP contribution in [0.25, 0.3) is 0 Å². The molecule has 4 atom stereocenters. The highest BCUT2D eigenvalue weighted by Gasteiger charge is 2.44. The average molecular weight is 511 g/mol. The van der Waals surface area contributed by atoms with Crippen LogP contribution in [0.1, 0.15) is 57.1 Å². The minimum Gasteiger partial charge on any atom is -0.464 e. The largest absolute Gasteiger partial charge is 0.464 e. The monoisotopic (exact) mass is 510 g/mol. The highest BCUT2D eigenvalue weighted by molar-refractivity contribution is 5.91. The van der Waals surface area contributed by atoms with Gasteiger partial charge < -0.3 is 19.3 Å². The van der Waals surface area contributed by atoms with Crippen molar-refractivity contribution >= 4 is 23.8 Å². The smallest absolute Gasteiger partial charge is 0.329 e. The van der Waals surface area contributed by atoms with Crippen LogP contribution in [0.3, 0.4) is 0 Å². The molecule has 2 amide bonds. The zero-order chi connectivity index (χ0) is 26.2. The van der Waals surface area contributed by atoms with Gasteiger partial charge >= 0.3 is 11.9 Å². The summed E-state index contributed by atoms with van der Waals surface area (Å²) < 4.78 is 10.1. The summed E-state index contributed by atoms with van der Waals surface area (Å²) in [6.45, 7) is 4.20. The van der Waals surface area contributed by atoms with Gasteiger partial charge in [0.1, 0.15) is 12.1 Å². The molecule has 0 aliphatic carbocycles. The molecule has 8 nitrogen and oxygen atoms in total. The van der Waals surface area contributed by atoms with Gasteiger partial charge in [-0.1, -0.05) is 68.1 Å².